The summed E-state index contributed by atoms with van der Waals surface area (Å²) in [5.74, 6) is -0.391. The van der Waals surface area contributed by atoms with Gasteiger partial charge in [0.15, 0.2) is 0 Å². The Labute approximate surface area is 187 Å². The van der Waals surface area contributed by atoms with Gasteiger partial charge in [0, 0.05) is 34.8 Å². The Morgan fingerprint density at radius 1 is 1.17 bits per heavy atom. The summed E-state index contributed by atoms with van der Waals surface area (Å²) in [6.45, 7) is 4.05. The Kier molecular flexibility index (Phi) is 6.26. The van der Waals surface area contributed by atoms with Gasteiger partial charge in [-0.1, -0.05) is 30.3 Å². The molecular formula is C22H20BrN3O3S. The summed E-state index contributed by atoms with van der Waals surface area (Å²) < 4.78 is 6.10. The Balaban J connectivity index is 1.73. The van der Waals surface area contributed by atoms with Gasteiger partial charge in [0.1, 0.15) is 5.00 Å². The number of pyridine rings is 1. The maximum absolute atomic E-state index is 13.4. The van der Waals surface area contributed by atoms with E-state index in [-0.39, 0.29) is 11.8 Å². The first-order valence-corrected chi connectivity index (χ1v) is 11.1. The summed E-state index contributed by atoms with van der Waals surface area (Å²) in [5.41, 5.74) is 2.84. The number of nitrogens with one attached hydrogen (secondary N) is 1. The van der Waals surface area contributed by atoms with E-state index in [0.717, 1.165) is 16.0 Å². The van der Waals surface area contributed by atoms with Gasteiger partial charge < -0.3 is 15.0 Å². The molecule has 0 radical (unpaired) electrons. The van der Waals surface area contributed by atoms with Crippen molar-refractivity contribution in [3.63, 3.8) is 0 Å². The summed E-state index contributed by atoms with van der Waals surface area (Å²) in [6, 6.07) is 11.6. The molecule has 0 aliphatic carbocycles. The molecule has 1 aliphatic heterocycles. The number of carbonyl (C=O) groups excluding carboxylic acids is 2. The molecule has 1 N–H and O–H groups in total. The van der Waals surface area contributed by atoms with Gasteiger partial charge in [0.2, 0.25) is 0 Å². The first-order valence-electron chi connectivity index (χ1n) is 9.52. The number of hydrogen-bond acceptors (Lipinski definition) is 5. The standard InChI is InChI=1S/C22H20BrN3O3S/c1-14-18(22(28)26-7-9-29-10-8-26)21(30-19(14)15-5-3-2-4-6-15)25-20(27)16-11-17(23)13-24-12-16/h2-6,11-13H,7-10H2,1H3,(H,25,27). The zero-order valence-corrected chi connectivity index (χ0v) is 18.8. The predicted octanol–water partition coefficient (Wildman–Crippen LogP) is 4.61. The molecule has 3 heterocycles. The molecule has 0 bridgehead atoms. The van der Waals surface area contributed by atoms with Crippen LogP contribution in [0.4, 0.5) is 5.00 Å². The van der Waals surface area contributed by atoms with Crippen LogP contribution in [-0.4, -0.2) is 48.0 Å². The molecule has 0 atom stereocenters. The fourth-order valence-corrected chi connectivity index (χ4v) is 4.92. The minimum Gasteiger partial charge on any atom is -0.378 e. The number of halogens is 1. The van der Waals surface area contributed by atoms with E-state index in [1.165, 1.54) is 17.5 Å². The van der Waals surface area contributed by atoms with Gasteiger partial charge >= 0.3 is 0 Å². The number of anilines is 1. The van der Waals surface area contributed by atoms with Gasteiger partial charge in [-0.05, 0) is 40.0 Å². The van der Waals surface area contributed by atoms with E-state index >= 15 is 0 Å². The van der Waals surface area contributed by atoms with Crippen LogP contribution >= 0.6 is 27.3 Å². The average Bonchev–Trinajstić information content (AvgIpc) is 3.10. The van der Waals surface area contributed by atoms with Gasteiger partial charge in [0.05, 0.1) is 24.3 Å². The van der Waals surface area contributed by atoms with Crippen molar-refractivity contribution in [1.29, 1.82) is 0 Å². The maximum Gasteiger partial charge on any atom is 0.257 e. The highest BCUT2D eigenvalue weighted by Crippen LogP contribution is 2.40. The lowest BCUT2D eigenvalue weighted by Gasteiger charge is -2.27. The Hall–Kier alpha value is -2.55. The lowest BCUT2D eigenvalue weighted by Crippen LogP contribution is -2.41. The van der Waals surface area contributed by atoms with Gasteiger partial charge in [-0.25, -0.2) is 0 Å². The smallest absolute Gasteiger partial charge is 0.257 e. The number of nitrogens with zero attached hydrogens (tertiary/aromatic N) is 2. The molecule has 3 aromatic rings. The number of ether oxygens (including phenoxy) is 1. The van der Waals surface area contributed by atoms with Crippen molar-refractivity contribution >= 4 is 44.1 Å². The number of rotatable bonds is 4. The largest absolute Gasteiger partial charge is 0.378 e. The van der Waals surface area contributed by atoms with Crippen molar-refractivity contribution in [1.82, 2.24) is 9.88 Å². The van der Waals surface area contributed by atoms with Crippen LogP contribution in [0.15, 0.2) is 53.3 Å². The van der Waals surface area contributed by atoms with Crippen molar-refractivity contribution in [3.05, 3.63) is 70.0 Å². The molecule has 2 amide bonds. The average molecular weight is 486 g/mol. The van der Waals surface area contributed by atoms with Crippen molar-refractivity contribution in [3.8, 4) is 10.4 Å². The summed E-state index contributed by atoms with van der Waals surface area (Å²) >= 11 is 4.76. The minimum absolute atomic E-state index is 0.0862. The van der Waals surface area contributed by atoms with Crippen LogP contribution in [0.3, 0.4) is 0 Å². The Morgan fingerprint density at radius 2 is 1.90 bits per heavy atom. The van der Waals surface area contributed by atoms with E-state index in [1.54, 1.807) is 17.2 Å². The molecule has 0 spiro atoms. The quantitative estimate of drug-likeness (QED) is 0.585. The summed E-state index contributed by atoms with van der Waals surface area (Å²) in [6.07, 6.45) is 3.12. The van der Waals surface area contributed by atoms with E-state index in [1.807, 2.05) is 37.3 Å². The van der Waals surface area contributed by atoms with Crippen molar-refractivity contribution in [2.24, 2.45) is 0 Å². The SMILES string of the molecule is Cc1c(-c2ccccc2)sc(NC(=O)c2cncc(Br)c2)c1C(=O)N1CCOCC1. The number of benzene rings is 1. The van der Waals surface area contributed by atoms with E-state index in [4.69, 9.17) is 4.74 Å². The zero-order valence-electron chi connectivity index (χ0n) is 16.4. The molecule has 1 aromatic carbocycles. The molecule has 2 aromatic heterocycles. The first-order chi connectivity index (χ1) is 14.5. The van der Waals surface area contributed by atoms with Crippen LogP contribution < -0.4 is 5.32 Å². The number of thiophene rings is 1. The second-order valence-electron chi connectivity index (χ2n) is 6.88. The summed E-state index contributed by atoms with van der Waals surface area (Å²) in [7, 11) is 0. The normalized spacial score (nSPS) is 13.9. The molecule has 1 saturated heterocycles. The third-order valence-corrected chi connectivity index (χ3v) is 6.58. The van der Waals surface area contributed by atoms with Gasteiger partial charge in [-0.2, -0.15) is 0 Å². The molecule has 8 heteroatoms. The maximum atomic E-state index is 13.4. The van der Waals surface area contributed by atoms with Crippen molar-refractivity contribution in [2.75, 3.05) is 31.6 Å². The summed E-state index contributed by atoms with van der Waals surface area (Å²) in [4.78, 5) is 33.0. The van der Waals surface area contributed by atoms with Gasteiger partial charge in [0.25, 0.3) is 11.8 Å². The molecule has 4 rings (SSSR count). The van der Waals surface area contributed by atoms with Crippen molar-refractivity contribution < 1.29 is 14.3 Å². The molecule has 1 aliphatic rings. The molecule has 6 nitrogen and oxygen atoms in total. The van der Waals surface area contributed by atoms with Gasteiger partial charge in [-0.3, -0.25) is 14.6 Å². The highest BCUT2D eigenvalue weighted by molar-refractivity contribution is 9.10. The Morgan fingerprint density at radius 3 is 2.60 bits per heavy atom. The third kappa shape index (κ3) is 4.30. The van der Waals surface area contributed by atoms with Crippen LogP contribution in [0.1, 0.15) is 26.3 Å². The number of aromatic nitrogens is 1. The predicted molar refractivity (Wildman–Crippen MR) is 121 cm³/mol. The molecule has 0 saturated carbocycles. The second kappa shape index (κ2) is 9.07. The van der Waals surface area contributed by atoms with Crippen molar-refractivity contribution in [2.45, 2.75) is 6.92 Å². The highest BCUT2D eigenvalue weighted by Gasteiger charge is 2.28. The number of hydrogen-bond donors (Lipinski definition) is 1. The monoisotopic (exact) mass is 485 g/mol. The van der Waals surface area contributed by atoms with Crippen LogP contribution in [-0.2, 0) is 4.74 Å². The lowest BCUT2D eigenvalue weighted by molar-refractivity contribution is 0.0303. The van der Waals surface area contributed by atoms with Crippen LogP contribution in [0.2, 0.25) is 0 Å². The number of amides is 2. The number of carbonyl (C=O) groups is 2. The first kappa shape index (κ1) is 20.7. The molecule has 0 unspecified atom stereocenters. The topological polar surface area (TPSA) is 71.5 Å². The Bertz CT molecular complexity index is 1080. The molecule has 1 fully saturated rings. The van der Waals surface area contributed by atoms with Crippen LogP contribution in [0, 0.1) is 6.92 Å². The highest BCUT2D eigenvalue weighted by atomic mass is 79.9. The molecule has 154 valence electrons. The fraction of sp³-hybridized carbons (Fsp3) is 0.227. The van der Waals surface area contributed by atoms with Crippen LogP contribution in [0.5, 0.6) is 0 Å². The van der Waals surface area contributed by atoms with E-state index < -0.39 is 0 Å². The van der Waals surface area contributed by atoms with Crippen LogP contribution in [0.25, 0.3) is 10.4 Å². The fourth-order valence-electron chi connectivity index (χ4n) is 3.36. The van der Waals surface area contributed by atoms with E-state index in [2.05, 4.69) is 26.2 Å². The second-order valence-corrected chi connectivity index (χ2v) is 8.81. The summed E-state index contributed by atoms with van der Waals surface area (Å²) in [5, 5.41) is 3.49. The number of morpholine rings is 1. The molecule has 30 heavy (non-hydrogen) atoms. The lowest BCUT2D eigenvalue weighted by atomic mass is 10.1. The minimum atomic E-state index is -0.305. The van der Waals surface area contributed by atoms with E-state index in [9.17, 15) is 9.59 Å². The third-order valence-electron chi connectivity index (χ3n) is 4.89. The zero-order chi connectivity index (χ0) is 21.1. The molecular weight excluding hydrogens is 466 g/mol. The van der Waals surface area contributed by atoms with Gasteiger partial charge in [-0.15, -0.1) is 11.3 Å². The van der Waals surface area contributed by atoms with E-state index in [0.29, 0.717) is 46.9 Å².